The van der Waals surface area contributed by atoms with Crippen molar-refractivity contribution in [2.24, 2.45) is 5.73 Å². The van der Waals surface area contributed by atoms with Gasteiger partial charge in [0.25, 0.3) is 0 Å². The normalized spacial score (nSPS) is 12.6. The number of aliphatic hydroxyl groups is 1. The topological polar surface area (TPSA) is 66.6 Å². The molecule has 0 aliphatic heterocycles. The molecule has 78 valence electrons. The van der Waals surface area contributed by atoms with Crippen molar-refractivity contribution in [3.05, 3.63) is 0 Å². The first-order valence-corrected chi connectivity index (χ1v) is 4.74. The summed E-state index contributed by atoms with van der Waals surface area (Å²) >= 11 is 0. The highest BCUT2D eigenvalue weighted by Gasteiger charge is 2.15. The van der Waals surface area contributed by atoms with E-state index in [4.69, 9.17) is 10.8 Å². The maximum Gasteiger partial charge on any atom is 0.241 e. The summed E-state index contributed by atoms with van der Waals surface area (Å²) in [5, 5.41) is 8.65. The predicted octanol–water partition coefficient (Wildman–Crippen LogP) is -0.0454. The number of hydrogen-bond acceptors (Lipinski definition) is 3. The molecule has 0 saturated heterocycles. The van der Waals surface area contributed by atoms with Crippen LogP contribution >= 0.6 is 0 Å². The number of amides is 1. The van der Waals surface area contributed by atoms with Gasteiger partial charge < -0.3 is 15.7 Å². The highest BCUT2D eigenvalue weighted by atomic mass is 16.3. The van der Waals surface area contributed by atoms with E-state index in [1.807, 2.05) is 0 Å². The second-order valence-corrected chi connectivity index (χ2v) is 3.26. The van der Waals surface area contributed by atoms with Gasteiger partial charge in [-0.2, -0.15) is 0 Å². The van der Waals surface area contributed by atoms with Crippen molar-refractivity contribution in [1.29, 1.82) is 0 Å². The molecule has 0 aliphatic rings. The number of carbonyl (C=O) groups excluding carboxylic acids is 1. The van der Waals surface area contributed by atoms with Crippen LogP contribution in [0.2, 0.25) is 0 Å². The third-order valence-electron chi connectivity index (χ3n) is 1.99. The van der Waals surface area contributed by atoms with E-state index in [2.05, 4.69) is 6.92 Å². The summed E-state index contributed by atoms with van der Waals surface area (Å²) < 4.78 is 0. The fraction of sp³-hybridized carbons (Fsp3) is 0.889. The van der Waals surface area contributed by atoms with Gasteiger partial charge >= 0.3 is 0 Å². The van der Waals surface area contributed by atoms with Crippen molar-refractivity contribution in [3.63, 3.8) is 0 Å². The van der Waals surface area contributed by atoms with E-state index in [-0.39, 0.29) is 12.5 Å². The molecule has 4 heteroatoms. The molecule has 0 spiro atoms. The largest absolute Gasteiger partial charge is 0.394 e. The first-order valence-electron chi connectivity index (χ1n) is 4.74. The number of likely N-dealkylation sites (N-methyl/N-ethyl adjacent to an activating group) is 1. The van der Waals surface area contributed by atoms with Crippen LogP contribution in [0.3, 0.4) is 0 Å². The monoisotopic (exact) mass is 188 g/mol. The van der Waals surface area contributed by atoms with Crippen molar-refractivity contribution in [2.45, 2.75) is 32.2 Å². The lowest BCUT2D eigenvalue weighted by Crippen LogP contribution is -2.44. The fourth-order valence-corrected chi connectivity index (χ4v) is 1.07. The summed E-state index contributed by atoms with van der Waals surface area (Å²) in [6.07, 6.45) is 3.25. The van der Waals surface area contributed by atoms with Crippen molar-refractivity contribution >= 4 is 5.91 Å². The SMILES string of the molecule is CCCCCN(C)C(=O)C(N)CO. The Morgan fingerprint density at radius 3 is 2.62 bits per heavy atom. The van der Waals surface area contributed by atoms with Crippen LogP contribution in [0.5, 0.6) is 0 Å². The number of nitrogens with zero attached hydrogens (tertiary/aromatic N) is 1. The number of hydrogen-bond donors (Lipinski definition) is 2. The van der Waals surface area contributed by atoms with Crippen molar-refractivity contribution in [3.8, 4) is 0 Å². The standard InChI is InChI=1S/C9H20N2O2/c1-3-4-5-6-11(2)9(13)8(10)7-12/h8,12H,3-7,10H2,1-2H3. The number of unbranched alkanes of at least 4 members (excludes halogenated alkanes) is 2. The van der Waals surface area contributed by atoms with Gasteiger partial charge in [0.15, 0.2) is 0 Å². The van der Waals surface area contributed by atoms with Crippen LogP contribution in [-0.2, 0) is 4.79 Å². The van der Waals surface area contributed by atoms with Gasteiger partial charge in [0.2, 0.25) is 5.91 Å². The molecule has 0 heterocycles. The molecule has 0 radical (unpaired) electrons. The molecule has 0 rings (SSSR count). The number of nitrogens with two attached hydrogens (primary N) is 1. The summed E-state index contributed by atoms with van der Waals surface area (Å²) in [4.78, 5) is 12.9. The fourth-order valence-electron chi connectivity index (χ4n) is 1.07. The van der Waals surface area contributed by atoms with Crippen molar-refractivity contribution in [1.82, 2.24) is 4.90 Å². The van der Waals surface area contributed by atoms with Crippen LogP contribution in [-0.4, -0.2) is 42.2 Å². The van der Waals surface area contributed by atoms with Gasteiger partial charge in [-0.25, -0.2) is 0 Å². The summed E-state index contributed by atoms with van der Waals surface area (Å²) in [5.74, 6) is -0.182. The molecule has 3 N–H and O–H groups in total. The van der Waals surface area contributed by atoms with Crippen LogP contribution in [0.4, 0.5) is 0 Å². The second kappa shape index (κ2) is 6.86. The van der Waals surface area contributed by atoms with Gasteiger partial charge in [0.1, 0.15) is 6.04 Å². The van der Waals surface area contributed by atoms with E-state index < -0.39 is 6.04 Å². The molecule has 1 unspecified atom stereocenters. The molecule has 0 fully saturated rings. The van der Waals surface area contributed by atoms with Gasteiger partial charge in [-0.1, -0.05) is 19.8 Å². The number of carbonyl (C=O) groups is 1. The lowest BCUT2D eigenvalue weighted by molar-refractivity contribution is -0.132. The van der Waals surface area contributed by atoms with E-state index >= 15 is 0 Å². The van der Waals surface area contributed by atoms with Gasteiger partial charge in [-0.15, -0.1) is 0 Å². The Kier molecular flexibility index (Phi) is 6.54. The number of rotatable bonds is 6. The molecular formula is C9H20N2O2. The van der Waals surface area contributed by atoms with Crippen LogP contribution in [0.1, 0.15) is 26.2 Å². The lowest BCUT2D eigenvalue weighted by atomic mass is 10.2. The smallest absolute Gasteiger partial charge is 0.241 e. The average molecular weight is 188 g/mol. The summed E-state index contributed by atoms with van der Waals surface area (Å²) in [7, 11) is 1.72. The summed E-state index contributed by atoms with van der Waals surface area (Å²) in [6.45, 7) is 2.55. The summed E-state index contributed by atoms with van der Waals surface area (Å²) in [5.41, 5.74) is 5.38. The molecular weight excluding hydrogens is 168 g/mol. The molecule has 13 heavy (non-hydrogen) atoms. The molecule has 0 aliphatic carbocycles. The van der Waals surface area contributed by atoms with Crippen LogP contribution in [0, 0.1) is 0 Å². The van der Waals surface area contributed by atoms with Crippen LogP contribution in [0.25, 0.3) is 0 Å². The van der Waals surface area contributed by atoms with Crippen LogP contribution in [0.15, 0.2) is 0 Å². The first kappa shape index (κ1) is 12.4. The van der Waals surface area contributed by atoms with Gasteiger partial charge in [-0.05, 0) is 6.42 Å². The Hall–Kier alpha value is -0.610. The Morgan fingerprint density at radius 1 is 1.54 bits per heavy atom. The zero-order valence-electron chi connectivity index (χ0n) is 8.49. The molecule has 0 bridgehead atoms. The lowest BCUT2D eigenvalue weighted by Gasteiger charge is -2.19. The van der Waals surface area contributed by atoms with E-state index in [1.54, 1.807) is 11.9 Å². The zero-order valence-corrected chi connectivity index (χ0v) is 8.49. The van der Waals surface area contributed by atoms with E-state index in [1.165, 1.54) is 0 Å². The van der Waals surface area contributed by atoms with Crippen LogP contribution < -0.4 is 5.73 Å². The highest BCUT2D eigenvalue weighted by Crippen LogP contribution is 1.97. The second-order valence-electron chi connectivity index (χ2n) is 3.26. The van der Waals surface area contributed by atoms with Crippen molar-refractivity contribution < 1.29 is 9.90 Å². The van der Waals surface area contributed by atoms with Crippen molar-refractivity contribution in [2.75, 3.05) is 20.2 Å². The third kappa shape index (κ3) is 4.85. The maximum atomic E-state index is 11.3. The highest BCUT2D eigenvalue weighted by molar-refractivity contribution is 5.81. The van der Waals surface area contributed by atoms with Gasteiger partial charge in [0, 0.05) is 13.6 Å². The van der Waals surface area contributed by atoms with E-state index in [0.29, 0.717) is 0 Å². The maximum absolute atomic E-state index is 11.3. The van der Waals surface area contributed by atoms with Gasteiger partial charge in [-0.3, -0.25) is 4.79 Å². The van der Waals surface area contributed by atoms with E-state index in [9.17, 15) is 4.79 Å². The Balaban J connectivity index is 3.69. The molecule has 1 atom stereocenters. The molecule has 0 aromatic rings. The predicted molar refractivity (Wildman–Crippen MR) is 52.2 cm³/mol. The van der Waals surface area contributed by atoms with E-state index in [0.717, 1.165) is 25.8 Å². The zero-order chi connectivity index (χ0) is 10.3. The Labute approximate surface area is 79.7 Å². The molecule has 1 amide bonds. The minimum atomic E-state index is -0.758. The third-order valence-corrected chi connectivity index (χ3v) is 1.99. The first-order chi connectivity index (χ1) is 6.13. The molecule has 0 aromatic carbocycles. The minimum absolute atomic E-state index is 0.182. The Morgan fingerprint density at radius 2 is 2.15 bits per heavy atom. The molecule has 4 nitrogen and oxygen atoms in total. The average Bonchev–Trinajstić information content (AvgIpc) is 2.15. The minimum Gasteiger partial charge on any atom is -0.394 e. The van der Waals surface area contributed by atoms with Gasteiger partial charge in [0.05, 0.1) is 6.61 Å². The molecule has 0 saturated carbocycles. The quantitative estimate of drug-likeness (QED) is 0.574. The Bertz CT molecular complexity index is 151. The summed E-state index contributed by atoms with van der Waals surface area (Å²) in [6, 6.07) is -0.758. The molecule has 0 aromatic heterocycles. The number of aliphatic hydroxyl groups excluding tert-OH is 1.